The van der Waals surface area contributed by atoms with Crippen LogP contribution in [-0.2, 0) is 6.54 Å². The molecule has 0 aliphatic rings. The molecule has 146 valence electrons. The number of anilines is 1. The Bertz CT molecular complexity index is 1110. The molecule has 0 bridgehead atoms. The molecule has 2 aromatic carbocycles. The molecular formula is C21H18N4O3S. The predicted molar refractivity (Wildman–Crippen MR) is 112 cm³/mol. The van der Waals surface area contributed by atoms with E-state index in [2.05, 4.69) is 9.97 Å². The standard InChI is InChI=1S/C21H18N4O3S/c1-28-18-7-5-15(6-8-18)13-25(21(26)27)20-23-12-19(29-20)16-3-2-4-17(11-16)24-10-9-22-14-24/h2-12,14H,13H2,1H3,(H,26,27). The van der Waals surface area contributed by atoms with Crippen LogP contribution in [0, 0.1) is 0 Å². The number of methoxy groups -OCH3 is 1. The second-order valence-electron chi connectivity index (χ2n) is 6.24. The molecular weight excluding hydrogens is 388 g/mol. The van der Waals surface area contributed by atoms with Crippen molar-refractivity contribution in [1.82, 2.24) is 14.5 Å². The monoisotopic (exact) mass is 406 g/mol. The Morgan fingerprint density at radius 3 is 2.76 bits per heavy atom. The summed E-state index contributed by atoms with van der Waals surface area (Å²) in [5.41, 5.74) is 2.80. The average Bonchev–Trinajstić information content (AvgIpc) is 3.45. The van der Waals surface area contributed by atoms with Crippen LogP contribution >= 0.6 is 11.3 Å². The Morgan fingerprint density at radius 1 is 1.24 bits per heavy atom. The molecule has 0 fully saturated rings. The van der Waals surface area contributed by atoms with Gasteiger partial charge in [0, 0.05) is 24.3 Å². The van der Waals surface area contributed by atoms with Crippen molar-refractivity contribution in [3.05, 3.63) is 79.0 Å². The van der Waals surface area contributed by atoms with Crippen LogP contribution in [0.1, 0.15) is 5.56 Å². The van der Waals surface area contributed by atoms with Gasteiger partial charge in [0.1, 0.15) is 5.75 Å². The minimum absolute atomic E-state index is 0.210. The summed E-state index contributed by atoms with van der Waals surface area (Å²) in [4.78, 5) is 22.4. The molecule has 2 heterocycles. The third-order valence-corrected chi connectivity index (χ3v) is 5.46. The molecule has 1 N–H and O–H groups in total. The number of thiazole rings is 1. The molecule has 29 heavy (non-hydrogen) atoms. The van der Waals surface area contributed by atoms with Crippen LogP contribution < -0.4 is 9.64 Å². The Hall–Kier alpha value is -3.65. The van der Waals surface area contributed by atoms with Gasteiger partial charge in [0.2, 0.25) is 0 Å². The first-order chi connectivity index (χ1) is 14.1. The first-order valence-corrected chi connectivity index (χ1v) is 9.63. The van der Waals surface area contributed by atoms with E-state index in [-0.39, 0.29) is 6.54 Å². The molecule has 4 rings (SSSR count). The minimum Gasteiger partial charge on any atom is -0.497 e. The highest BCUT2D eigenvalue weighted by Gasteiger charge is 2.19. The Kier molecular flexibility index (Phi) is 5.26. The van der Waals surface area contributed by atoms with Gasteiger partial charge in [0.15, 0.2) is 5.13 Å². The maximum Gasteiger partial charge on any atom is 0.413 e. The predicted octanol–water partition coefficient (Wildman–Crippen LogP) is 4.69. The fourth-order valence-electron chi connectivity index (χ4n) is 2.89. The summed E-state index contributed by atoms with van der Waals surface area (Å²) in [6.07, 6.45) is 5.99. The highest BCUT2D eigenvalue weighted by molar-refractivity contribution is 7.19. The summed E-state index contributed by atoms with van der Waals surface area (Å²) in [5, 5.41) is 10.1. The van der Waals surface area contributed by atoms with E-state index in [4.69, 9.17) is 4.74 Å². The maximum atomic E-state index is 11.8. The summed E-state index contributed by atoms with van der Waals surface area (Å²) >= 11 is 1.34. The molecule has 2 aromatic heterocycles. The average molecular weight is 406 g/mol. The van der Waals surface area contributed by atoms with Gasteiger partial charge in [-0.2, -0.15) is 0 Å². The number of hydrogen-bond acceptors (Lipinski definition) is 5. The van der Waals surface area contributed by atoms with Gasteiger partial charge in [-0.1, -0.05) is 35.6 Å². The van der Waals surface area contributed by atoms with Gasteiger partial charge in [-0.15, -0.1) is 0 Å². The van der Waals surface area contributed by atoms with Crippen molar-refractivity contribution in [3.63, 3.8) is 0 Å². The topological polar surface area (TPSA) is 80.5 Å². The van der Waals surface area contributed by atoms with E-state index in [0.29, 0.717) is 5.13 Å². The smallest absolute Gasteiger partial charge is 0.413 e. The molecule has 7 nitrogen and oxygen atoms in total. The maximum absolute atomic E-state index is 11.8. The lowest BCUT2D eigenvalue weighted by Crippen LogP contribution is -2.28. The van der Waals surface area contributed by atoms with E-state index in [1.54, 1.807) is 25.8 Å². The summed E-state index contributed by atoms with van der Waals surface area (Å²) < 4.78 is 7.06. The third-order valence-electron chi connectivity index (χ3n) is 4.39. The number of carboxylic acid groups (broad SMARTS) is 1. The van der Waals surface area contributed by atoms with Gasteiger partial charge >= 0.3 is 6.09 Å². The number of ether oxygens (including phenoxy) is 1. The molecule has 0 saturated heterocycles. The van der Waals surface area contributed by atoms with Crippen molar-refractivity contribution in [2.24, 2.45) is 0 Å². The van der Waals surface area contributed by atoms with Gasteiger partial charge < -0.3 is 14.4 Å². The number of aromatic nitrogens is 3. The van der Waals surface area contributed by atoms with Crippen LogP contribution in [-0.4, -0.2) is 32.8 Å². The molecule has 4 aromatic rings. The Morgan fingerprint density at radius 2 is 2.07 bits per heavy atom. The van der Waals surface area contributed by atoms with E-state index in [0.717, 1.165) is 27.4 Å². The van der Waals surface area contributed by atoms with E-state index in [9.17, 15) is 9.90 Å². The molecule has 0 saturated carbocycles. The van der Waals surface area contributed by atoms with Crippen LogP contribution in [0.2, 0.25) is 0 Å². The summed E-state index contributed by atoms with van der Waals surface area (Å²) in [6, 6.07) is 15.3. The highest BCUT2D eigenvalue weighted by Crippen LogP contribution is 2.33. The van der Waals surface area contributed by atoms with Gasteiger partial charge in [-0.3, -0.25) is 0 Å². The number of rotatable bonds is 6. The van der Waals surface area contributed by atoms with Crippen molar-refractivity contribution < 1.29 is 14.6 Å². The quantitative estimate of drug-likeness (QED) is 0.502. The van der Waals surface area contributed by atoms with E-state index in [1.165, 1.54) is 16.2 Å². The Labute approximate surface area is 171 Å². The number of benzene rings is 2. The molecule has 0 radical (unpaired) electrons. The van der Waals surface area contributed by atoms with Gasteiger partial charge in [0.05, 0.1) is 24.9 Å². The second kappa shape index (κ2) is 8.15. The first-order valence-electron chi connectivity index (χ1n) is 8.82. The zero-order chi connectivity index (χ0) is 20.2. The second-order valence-corrected chi connectivity index (χ2v) is 7.25. The van der Waals surface area contributed by atoms with Gasteiger partial charge in [-0.05, 0) is 35.4 Å². The van der Waals surface area contributed by atoms with Crippen LogP contribution in [0.3, 0.4) is 0 Å². The summed E-state index contributed by atoms with van der Waals surface area (Å²) in [5.74, 6) is 0.727. The fourth-order valence-corrected chi connectivity index (χ4v) is 3.79. The van der Waals surface area contributed by atoms with Crippen molar-refractivity contribution in [3.8, 4) is 21.9 Å². The van der Waals surface area contributed by atoms with Crippen molar-refractivity contribution in [2.45, 2.75) is 6.54 Å². The molecule has 8 heteroatoms. The Balaban J connectivity index is 1.59. The third kappa shape index (κ3) is 4.12. The zero-order valence-electron chi connectivity index (χ0n) is 15.6. The van der Waals surface area contributed by atoms with Gasteiger partial charge in [0.25, 0.3) is 0 Å². The molecule has 0 atom stereocenters. The lowest BCUT2D eigenvalue weighted by Gasteiger charge is -2.16. The number of hydrogen-bond donors (Lipinski definition) is 1. The lowest BCUT2D eigenvalue weighted by molar-refractivity contribution is 0.201. The number of nitrogens with zero attached hydrogens (tertiary/aromatic N) is 4. The van der Waals surface area contributed by atoms with Crippen molar-refractivity contribution >= 4 is 22.6 Å². The van der Waals surface area contributed by atoms with Crippen molar-refractivity contribution in [2.75, 3.05) is 12.0 Å². The normalized spacial score (nSPS) is 10.7. The van der Waals surface area contributed by atoms with Crippen LogP contribution in [0.15, 0.2) is 73.4 Å². The molecule has 0 spiro atoms. The van der Waals surface area contributed by atoms with Gasteiger partial charge in [-0.25, -0.2) is 19.7 Å². The van der Waals surface area contributed by atoms with E-state index in [1.807, 2.05) is 59.3 Å². The minimum atomic E-state index is -1.05. The van der Waals surface area contributed by atoms with Crippen LogP contribution in [0.5, 0.6) is 5.75 Å². The number of amides is 1. The number of imidazole rings is 1. The molecule has 0 aliphatic heterocycles. The number of carbonyl (C=O) groups is 1. The lowest BCUT2D eigenvalue weighted by atomic mass is 10.2. The van der Waals surface area contributed by atoms with Crippen molar-refractivity contribution in [1.29, 1.82) is 0 Å². The van der Waals surface area contributed by atoms with E-state index < -0.39 is 6.09 Å². The molecule has 0 aliphatic carbocycles. The fraction of sp³-hybridized carbons (Fsp3) is 0.0952. The van der Waals surface area contributed by atoms with Crippen LogP contribution in [0.4, 0.5) is 9.93 Å². The summed E-state index contributed by atoms with van der Waals surface area (Å²) in [7, 11) is 1.59. The molecule has 0 unspecified atom stereocenters. The summed E-state index contributed by atoms with van der Waals surface area (Å²) in [6.45, 7) is 0.210. The van der Waals surface area contributed by atoms with Crippen LogP contribution in [0.25, 0.3) is 16.1 Å². The SMILES string of the molecule is COc1ccc(CN(C(=O)O)c2ncc(-c3cccc(-n4ccnc4)c3)s2)cc1. The zero-order valence-corrected chi connectivity index (χ0v) is 16.4. The molecule has 1 amide bonds. The van der Waals surface area contributed by atoms with E-state index >= 15 is 0 Å². The first kappa shape index (κ1) is 18.7. The highest BCUT2D eigenvalue weighted by atomic mass is 32.1. The largest absolute Gasteiger partial charge is 0.497 e.